The number of phenolic OH excluding ortho intramolecular Hbond substituents is 1. The minimum Gasteiger partial charge on any atom is -0.508 e. The Kier molecular flexibility index (Phi) is 4.34. The second-order valence-corrected chi connectivity index (χ2v) is 5.44. The van der Waals surface area contributed by atoms with Crippen molar-refractivity contribution in [3.8, 4) is 5.75 Å². The highest BCUT2D eigenvalue weighted by atomic mass is 79.9. The van der Waals surface area contributed by atoms with E-state index in [0.717, 1.165) is 0 Å². The number of hydrogen-bond acceptors (Lipinski definition) is 2. The quantitative estimate of drug-likeness (QED) is 0.761. The molecule has 2 aromatic rings. The number of benzene rings is 2. The molecule has 98 valence electrons. The number of nitrogens with one attached hydrogen (secondary N) is 1. The van der Waals surface area contributed by atoms with Crippen molar-refractivity contribution in [2.45, 2.75) is 0 Å². The number of rotatable bonds is 2. The maximum absolute atomic E-state index is 12.1. The molecule has 6 heteroatoms. The molecular formula is C13H8BrCl2NO2. The number of hydrogen-bond donors (Lipinski definition) is 2. The van der Waals surface area contributed by atoms with Gasteiger partial charge in [0.2, 0.25) is 0 Å². The van der Waals surface area contributed by atoms with Crippen LogP contribution in [0.1, 0.15) is 10.4 Å². The van der Waals surface area contributed by atoms with Crippen LogP contribution in [0.4, 0.5) is 5.69 Å². The van der Waals surface area contributed by atoms with Crippen molar-refractivity contribution in [2.75, 3.05) is 5.32 Å². The fourth-order valence-electron chi connectivity index (χ4n) is 1.47. The average molecular weight is 361 g/mol. The number of amides is 1. The van der Waals surface area contributed by atoms with Crippen molar-refractivity contribution in [3.63, 3.8) is 0 Å². The van der Waals surface area contributed by atoms with Crippen LogP contribution >= 0.6 is 39.1 Å². The molecule has 0 atom stereocenters. The summed E-state index contributed by atoms with van der Waals surface area (Å²) in [5.41, 5.74) is 0.813. The second kappa shape index (κ2) is 5.82. The molecule has 0 aromatic heterocycles. The molecule has 0 saturated carbocycles. The van der Waals surface area contributed by atoms with Gasteiger partial charge in [0.15, 0.2) is 0 Å². The SMILES string of the molecule is O=C(Nc1ccc(O)cc1Cl)c1cc(Cl)ccc1Br. The average Bonchev–Trinajstić information content (AvgIpc) is 2.35. The second-order valence-electron chi connectivity index (χ2n) is 3.74. The molecule has 0 aliphatic heterocycles. The van der Waals surface area contributed by atoms with Gasteiger partial charge in [-0.1, -0.05) is 23.2 Å². The van der Waals surface area contributed by atoms with Crippen LogP contribution < -0.4 is 5.32 Å². The lowest BCUT2D eigenvalue weighted by atomic mass is 10.2. The van der Waals surface area contributed by atoms with Gasteiger partial charge >= 0.3 is 0 Å². The van der Waals surface area contributed by atoms with E-state index in [1.54, 1.807) is 18.2 Å². The maximum Gasteiger partial charge on any atom is 0.256 e. The lowest BCUT2D eigenvalue weighted by Gasteiger charge is -2.09. The van der Waals surface area contributed by atoms with Crippen molar-refractivity contribution in [3.05, 3.63) is 56.5 Å². The third-order valence-electron chi connectivity index (χ3n) is 2.37. The van der Waals surface area contributed by atoms with Crippen molar-refractivity contribution >= 4 is 50.7 Å². The smallest absolute Gasteiger partial charge is 0.256 e. The van der Waals surface area contributed by atoms with Crippen LogP contribution in [0.25, 0.3) is 0 Å². The van der Waals surface area contributed by atoms with Crippen LogP contribution in [0.3, 0.4) is 0 Å². The van der Waals surface area contributed by atoms with E-state index < -0.39 is 0 Å². The van der Waals surface area contributed by atoms with Crippen LogP contribution in [-0.4, -0.2) is 11.0 Å². The van der Waals surface area contributed by atoms with E-state index >= 15 is 0 Å². The Morgan fingerprint density at radius 3 is 2.58 bits per heavy atom. The number of halogens is 3. The van der Waals surface area contributed by atoms with Crippen LogP contribution in [-0.2, 0) is 0 Å². The van der Waals surface area contributed by atoms with Gasteiger partial charge in [-0.15, -0.1) is 0 Å². The highest BCUT2D eigenvalue weighted by Crippen LogP contribution is 2.28. The summed E-state index contributed by atoms with van der Waals surface area (Å²) in [5, 5.41) is 12.6. The molecule has 0 fully saturated rings. The van der Waals surface area contributed by atoms with E-state index in [4.69, 9.17) is 23.2 Å². The highest BCUT2D eigenvalue weighted by molar-refractivity contribution is 9.10. The van der Waals surface area contributed by atoms with Gasteiger partial charge in [-0.3, -0.25) is 4.79 Å². The monoisotopic (exact) mass is 359 g/mol. The summed E-state index contributed by atoms with van der Waals surface area (Å²) in [5.74, 6) is -0.311. The fraction of sp³-hybridized carbons (Fsp3) is 0. The fourth-order valence-corrected chi connectivity index (χ4v) is 2.29. The number of phenols is 1. The number of anilines is 1. The Morgan fingerprint density at radius 2 is 1.89 bits per heavy atom. The maximum atomic E-state index is 12.1. The van der Waals surface area contributed by atoms with E-state index in [9.17, 15) is 9.90 Å². The van der Waals surface area contributed by atoms with Gasteiger partial charge in [-0.2, -0.15) is 0 Å². The van der Waals surface area contributed by atoms with Crippen molar-refractivity contribution in [2.24, 2.45) is 0 Å². The molecule has 1 amide bonds. The molecular weight excluding hydrogens is 353 g/mol. The summed E-state index contributed by atoms with van der Waals surface area (Å²) in [7, 11) is 0. The van der Waals surface area contributed by atoms with Gasteiger partial charge < -0.3 is 10.4 Å². The third-order valence-corrected chi connectivity index (χ3v) is 3.61. The van der Waals surface area contributed by atoms with E-state index in [2.05, 4.69) is 21.2 Å². The lowest BCUT2D eigenvalue weighted by molar-refractivity contribution is 0.102. The van der Waals surface area contributed by atoms with Crippen molar-refractivity contribution in [1.29, 1.82) is 0 Å². The summed E-state index contributed by atoms with van der Waals surface area (Å²) in [6.45, 7) is 0. The number of carbonyl (C=O) groups is 1. The molecule has 0 aliphatic rings. The molecule has 3 nitrogen and oxygen atoms in total. The molecule has 0 unspecified atom stereocenters. The summed E-state index contributed by atoms with van der Waals surface area (Å²) < 4.78 is 0.629. The first kappa shape index (κ1) is 14.2. The molecule has 0 saturated heterocycles. The summed E-state index contributed by atoms with van der Waals surface area (Å²) in [6, 6.07) is 9.23. The van der Waals surface area contributed by atoms with Crippen molar-refractivity contribution in [1.82, 2.24) is 0 Å². The highest BCUT2D eigenvalue weighted by Gasteiger charge is 2.12. The molecule has 0 radical (unpaired) electrons. The van der Waals surface area contributed by atoms with E-state index in [1.807, 2.05) is 0 Å². The van der Waals surface area contributed by atoms with Crippen LogP contribution in [0, 0.1) is 0 Å². The Hall–Kier alpha value is -1.23. The Balaban J connectivity index is 2.28. The van der Waals surface area contributed by atoms with Crippen LogP contribution in [0.15, 0.2) is 40.9 Å². The Bertz CT molecular complexity index is 647. The zero-order chi connectivity index (χ0) is 14.0. The first-order chi connectivity index (χ1) is 8.97. The molecule has 0 aliphatic carbocycles. The first-order valence-electron chi connectivity index (χ1n) is 5.22. The molecule has 0 spiro atoms. The Labute approximate surface area is 128 Å². The summed E-state index contributed by atoms with van der Waals surface area (Å²) in [6.07, 6.45) is 0. The van der Waals surface area contributed by atoms with Gasteiger partial charge in [0.05, 0.1) is 16.3 Å². The topological polar surface area (TPSA) is 49.3 Å². The zero-order valence-corrected chi connectivity index (χ0v) is 12.6. The van der Waals surface area contributed by atoms with Crippen LogP contribution in [0.5, 0.6) is 5.75 Å². The number of aromatic hydroxyl groups is 1. The predicted octanol–water partition coefficient (Wildman–Crippen LogP) is 4.71. The van der Waals surface area contributed by atoms with E-state index in [1.165, 1.54) is 18.2 Å². The summed E-state index contributed by atoms with van der Waals surface area (Å²) >= 11 is 15.1. The molecule has 0 bridgehead atoms. The first-order valence-corrected chi connectivity index (χ1v) is 6.77. The molecule has 19 heavy (non-hydrogen) atoms. The molecule has 2 aromatic carbocycles. The van der Waals surface area contributed by atoms with Gasteiger partial charge in [0.1, 0.15) is 5.75 Å². The van der Waals surface area contributed by atoms with E-state index in [0.29, 0.717) is 20.7 Å². The van der Waals surface area contributed by atoms with E-state index in [-0.39, 0.29) is 16.7 Å². The molecule has 0 heterocycles. The predicted molar refractivity (Wildman–Crippen MR) is 80.2 cm³/mol. The molecule has 2 rings (SSSR count). The number of carbonyl (C=O) groups excluding carboxylic acids is 1. The van der Waals surface area contributed by atoms with Crippen LogP contribution in [0.2, 0.25) is 10.0 Å². The normalized spacial score (nSPS) is 10.3. The largest absolute Gasteiger partial charge is 0.508 e. The Morgan fingerprint density at radius 1 is 1.16 bits per heavy atom. The minimum atomic E-state index is -0.345. The van der Waals surface area contributed by atoms with Crippen molar-refractivity contribution < 1.29 is 9.90 Å². The standard InChI is InChI=1S/C13H8BrCl2NO2/c14-10-3-1-7(15)5-9(10)13(19)17-12-4-2-8(18)6-11(12)16/h1-6,18H,(H,17,19). The van der Waals surface area contributed by atoms with Gasteiger partial charge in [-0.25, -0.2) is 0 Å². The zero-order valence-electron chi connectivity index (χ0n) is 9.45. The molecule has 2 N–H and O–H groups in total. The lowest BCUT2D eigenvalue weighted by Crippen LogP contribution is -2.12. The minimum absolute atomic E-state index is 0.0342. The van der Waals surface area contributed by atoms with Gasteiger partial charge in [-0.05, 0) is 46.3 Å². The summed E-state index contributed by atoms with van der Waals surface area (Å²) in [4.78, 5) is 12.1. The van der Waals surface area contributed by atoms with Gasteiger partial charge in [0, 0.05) is 15.6 Å². The third kappa shape index (κ3) is 3.41. The van der Waals surface area contributed by atoms with Gasteiger partial charge in [0.25, 0.3) is 5.91 Å².